The zero-order chi connectivity index (χ0) is 6.95. The fraction of sp³-hybridized carbons (Fsp3) is 1.00. The van der Waals surface area contributed by atoms with Gasteiger partial charge in [-0.05, 0) is 19.2 Å². The van der Waals surface area contributed by atoms with Gasteiger partial charge in [0.15, 0.2) is 0 Å². The second kappa shape index (κ2) is 8.31. The third-order valence-corrected chi connectivity index (χ3v) is 1.80. The highest BCUT2D eigenvalue weighted by atomic mass is 32.2. The van der Waals surface area contributed by atoms with Gasteiger partial charge in [0.25, 0.3) is 0 Å². The number of hydrogen-bond donors (Lipinski definition) is 1. The number of unbranched alkanes of at least 4 members (excludes halogenated alkanes) is 1. The standard InChI is InChI=1S/C7H17NS.H2/c1-3-4-5-8-6-7-9-2;/h8H,3-7H2,1-2H3;1H. The highest BCUT2D eigenvalue weighted by Gasteiger charge is 1.83. The van der Waals surface area contributed by atoms with E-state index < -0.39 is 0 Å². The van der Waals surface area contributed by atoms with E-state index >= 15 is 0 Å². The lowest BCUT2D eigenvalue weighted by Gasteiger charge is -1.99. The Hall–Kier alpha value is 0.310. The first-order valence-electron chi connectivity index (χ1n) is 3.61. The monoisotopic (exact) mass is 149 g/mol. The minimum Gasteiger partial charge on any atom is -0.316 e. The average Bonchev–Trinajstić information content (AvgIpc) is 1.89. The maximum Gasteiger partial charge on any atom is 0.00553 e. The van der Waals surface area contributed by atoms with Gasteiger partial charge >= 0.3 is 0 Å². The minimum atomic E-state index is 0. The molecule has 1 N–H and O–H groups in total. The molecule has 58 valence electrons. The Labute approximate surface area is 64.1 Å². The van der Waals surface area contributed by atoms with Crippen molar-refractivity contribution in [2.75, 3.05) is 25.1 Å². The molecule has 0 aromatic carbocycles. The molecule has 9 heavy (non-hydrogen) atoms. The molecule has 0 spiro atoms. The van der Waals surface area contributed by atoms with E-state index in [-0.39, 0.29) is 1.43 Å². The lowest BCUT2D eigenvalue weighted by atomic mass is 10.3. The molecule has 0 aliphatic rings. The molecule has 0 unspecified atom stereocenters. The summed E-state index contributed by atoms with van der Waals surface area (Å²) in [6.45, 7) is 4.58. The molecule has 0 saturated carbocycles. The van der Waals surface area contributed by atoms with E-state index in [2.05, 4.69) is 18.5 Å². The van der Waals surface area contributed by atoms with Crippen molar-refractivity contribution in [3.05, 3.63) is 0 Å². The Morgan fingerprint density at radius 1 is 1.44 bits per heavy atom. The first-order valence-corrected chi connectivity index (χ1v) is 5.00. The highest BCUT2D eigenvalue weighted by molar-refractivity contribution is 7.98. The van der Waals surface area contributed by atoms with E-state index in [9.17, 15) is 0 Å². The van der Waals surface area contributed by atoms with Crippen LogP contribution >= 0.6 is 11.8 Å². The van der Waals surface area contributed by atoms with Crippen molar-refractivity contribution in [3.8, 4) is 0 Å². The van der Waals surface area contributed by atoms with Gasteiger partial charge in [-0.2, -0.15) is 11.8 Å². The van der Waals surface area contributed by atoms with Gasteiger partial charge in [-0.25, -0.2) is 0 Å². The Morgan fingerprint density at radius 2 is 2.22 bits per heavy atom. The normalized spacial score (nSPS) is 10.0. The molecular weight excluding hydrogens is 130 g/mol. The number of thioether (sulfide) groups is 1. The van der Waals surface area contributed by atoms with E-state index in [1.165, 1.54) is 31.7 Å². The van der Waals surface area contributed by atoms with E-state index in [1.807, 2.05) is 11.8 Å². The molecule has 0 fully saturated rings. The molecule has 0 amide bonds. The molecule has 1 nitrogen and oxygen atoms in total. The quantitative estimate of drug-likeness (QED) is 0.580. The van der Waals surface area contributed by atoms with E-state index in [4.69, 9.17) is 0 Å². The van der Waals surface area contributed by atoms with Crippen LogP contribution in [0.1, 0.15) is 21.2 Å². The second-order valence-corrected chi connectivity index (χ2v) is 3.08. The van der Waals surface area contributed by atoms with Gasteiger partial charge in [0.1, 0.15) is 0 Å². The van der Waals surface area contributed by atoms with Crippen molar-refractivity contribution in [2.45, 2.75) is 19.8 Å². The Morgan fingerprint density at radius 3 is 2.78 bits per heavy atom. The van der Waals surface area contributed by atoms with Crippen molar-refractivity contribution >= 4 is 11.8 Å². The first kappa shape index (κ1) is 9.31. The SMILES string of the molecule is CCCCNCCSC.[HH]. The maximum absolute atomic E-state index is 3.37. The molecule has 0 aliphatic carbocycles. The second-order valence-electron chi connectivity index (χ2n) is 2.10. The van der Waals surface area contributed by atoms with Crippen molar-refractivity contribution in [1.82, 2.24) is 5.32 Å². The number of nitrogens with one attached hydrogen (secondary N) is 1. The predicted molar refractivity (Wildman–Crippen MR) is 48.3 cm³/mol. The van der Waals surface area contributed by atoms with Crippen LogP contribution in [0.2, 0.25) is 0 Å². The summed E-state index contributed by atoms with van der Waals surface area (Å²) in [6, 6.07) is 0. The summed E-state index contributed by atoms with van der Waals surface area (Å²) in [5.41, 5.74) is 0. The summed E-state index contributed by atoms with van der Waals surface area (Å²) in [5.74, 6) is 1.24. The topological polar surface area (TPSA) is 12.0 Å². The zero-order valence-electron chi connectivity index (χ0n) is 6.44. The van der Waals surface area contributed by atoms with Gasteiger partial charge in [-0.1, -0.05) is 13.3 Å². The zero-order valence-corrected chi connectivity index (χ0v) is 7.26. The summed E-state index contributed by atoms with van der Waals surface area (Å²) in [6.07, 6.45) is 4.75. The summed E-state index contributed by atoms with van der Waals surface area (Å²) < 4.78 is 0. The van der Waals surface area contributed by atoms with Crippen molar-refractivity contribution in [3.63, 3.8) is 0 Å². The third kappa shape index (κ3) is 8.31. The third-order valence-electron chi connectivity index (χ3n) is 1.19. The number of hydrogen-bond acceptors (Lipinski definition) is 2. The average molecular weight is 149 g/mol. The lowest BCUT2D eigenvalue weighted by molar-refractivity contribution is 0.666. The van der Waals surface area contributed by atoms with Crippen LogP contribution in [0.25, 0.3) is 0 Å². The van der Waals surface area contributed by atoms with Gasteiger partial charge in [0.05, 0.1) is 0 Å². The number of rotatable bonds is 6. The Kier molecular flexibility index (Phi) is 8.60. The van der Waals surface area contributed by atoms with E-state index in [1.54, 1.807) is 0 Å². The lowest BCUT2D eigenvalue weighted by Crippen LogP contribution is -2.17. The predicted octanol–water partition coefficient (Wildman–Crippen LogP) is 1.99. The van der Waals surface area contributed by atoms with Crippen LogP contribution < -0.4 is 5.32 Å². The summed E-state index contributed by atoms with van der Waals surface area (Å²) in [5, 5.41) is 3.37. The van der Waals surface area contributed by atoms with Crippen LogP contribution in [0.5, 0.6) is 0 Å². The molecule has 0 atom stereocenters. The highest BCUT2D eigenvalue weighted by Crippen LogP contribution is 1.87. The van der Waals surface area contributed by atoms with Gasteiger partial charge < -0.3 is 5.32 Å². The van der Waals surface area contributed by atoms with Crippen LogP contribution in [-0.4, -0.2) is 25.1 Å². The molecule has 0 radical (unpaired) electrons. The Bertz CT molecular complexity index is 46.9. The van der Waals surface area contributed by atoms with Crippen molar-refractivity contribution in [2.24, 2.45) is 0 Å². The van der Waals surface area contributed by atoms with Crippen LogP contribution in [-0.2, 0) is 0 Å². The smallest absolute Gasteiger partial charge is 0.00553 e. The maximum atomic E-state index is 3.37. The largest absolute Gasteiger partial charge is 0.316 e. The van der Waals surface area contributed by atoms with Gasteiger partial charge in [-0.15, -0.1) is 0 Å². The molecular formula is C7H19NS. The molecule has 0 aliphatic heterocycles. The molecule has 0 saturated heterocycles. The van der Waals surface area contributed by atoms with Crippen molar-refractivity contribution in [1.29, 1.82) is 0 Å². The first-order chi connectivity index (χ1) is 4.41. The molecule has 0 heterocycles. The van der Waals surface area contributed by atoms with Crippen LogP contribution in [0.3, 0.4) is 0 Å². The van der Waals surface area contributed by atoms with Gasteiger partial charge in [0, 0.05) is 13.7 Å². The van der Waals surface area contributed by atoms with Gasteiger partial charge in [0.2, 0.25) is 0 Å². The summed E-state index contributed by atoms with van der Waals surface area (Å²) >= 11 is 1.90. The molecule has 0 aromatic rings. The van der Waals surface area contributed by atoms with Gasteiger partial charge in [-0.3, -0.25) is 0 Å². The molecule has 0 rings (SSSR count). The summed E-state index contributed by atoms with van der Waals surface area (Å²) in [7, 11) is 0. The van der Waals surface area contributed by atoms with Crippen LogP contribution in [0, 0.1) is 0 Å². The van der Waals surface area contributed by atoms with Crippen molar-refractivity contribution < 1.29 is 1.43 Å². The molecule has 2 heteroatoms. The minimum absolute atomic E-state index is 0. The Balaban J connectivity index is 0. The summed E-state index contributed by atoms with van der Waals surface area (Å²) in [4.78, 5) is 0. The van der Waals surface area contributed by atoms with Crippen LogP contribution in [0.4, 0.5) is 0 Å². The molecule has 0 aromatic heterocycles. The fourth-order valence-electron chi connectivity index (χ4n) is 0.601. The molecule has 0 bridgehead atoms. The van der Waals surface area contributed by atoms with Crippen LogP contribution in [0.15, 0.2) is 0 Å². The fourth-order valence-corrected chi connectivity index (χ4v) is 0.949. The van der Waals surface area contributed by atoms with E-state index in [0.29, 0.717) is 0 Å². The van der Waals surface area contributed by atoms with E-state index in [0.717, 1.165) is 0 Å².